The van der Waals surface area contributed by atoms with Gasteiger partial charge in [0, 0.05) is 49.1 Å². The van der Waals surface area contributed by atoms with Gasteiger partial charge in [-0.2, -0.15) is 0 Å². The summed E-state index contributed by atoms with van der Waals surface area (Å²) in [5.74, 6) is -0.735. The first-order valence-corrected chi connectivity index (χ1v) is 14.0. The summed E-state index contributed by atoms with van der Waals surface area (Å²) in [6.07, 6.45) is 5.54. The Bertz CT molecular complexity index is 1350. The number of benzene rings is 2. The third-order valence-corrected chi connectivity index (χ3v) is 8.52. The van der Waals surface area contributed by atoms with Crippen molar-refractivity contribution in [1.82, 2.24) is 9.88 Å². The summed E-state index contributed by atoms with van der Waals surface area (Å²) in [7, 11) is 2.05. The van der Waals surface area contributed by atoms with Crippen molar-refractivity contribution in [1.29, 1.82) is 0 Å². The molecule has 5 rings (SSSR count). The lowest BCUT2D eigenvalue weighted by Gasteiger charge is -2.33. The van der Waals surface area contributed by atoms with E-state index in [1.165, 1.54) is 23.4 Å². The number of fused-ring (bicyclic) bond motifs is 1. The van der Waals surface area contributed by atoms with Crippen LogP contribution in [0.5, 0.6) is 5.75 Å². The molecule has 0 spiro atoms. The van der Waals surface area contributed by atoms with E-state index in [9.17, 15) is 14.3 Å². The second-order valence-electron chi connectivity index (χ2n) is 11.5. The first kappa shape index (κ1) is 27.6. The molecule has 1 amide bonds. The van der Waals surface area contributed by atoms with Crippen molar-refractivity contribution in [2.45, 2.75) is 83.6 Å². The number of carbonyl (C=O) groups is 1. The highest BCUT2D eigenvalue weighted by atomic mass is 19.1. The zero-order chi connectivity index (χ0) is 27.7. The largest absolute Gasteiger partial charge is 0.491 e. The number of rotatable bonds is 8. The number of aliphatic hydroxyl groups is 1. The Kier molecular flexibility index (Phi) is 7.99. The van der Waals surface area contributed by atoms with E-state index in [0.717, 1.165) is 68.1 Å². The Morgan fingerprint density at radius 1 is 1.18 bits per heavy atom. The van der Waals surface area contributed by atoms with Gasteiger partial charge in [0.2, 0.25) is 0 Å². The average molecular weight is 538 g/mol. The summed E-state index contributed by atoms with van der Waals surface area (Å²) < 4.78 is 28.3. The Hall–Kier alpha value is -2.94. The normalized spacial score (nSPS) is 23.3. The molecule has 1 aliphatic carbocycles. The van der Waals surface area contributed by atoms with Crippen LogP contribution in [0.15, 0.2) is 30.3 Å². The molecule has 2 aromatic carbocycles. The van der Waals surface area contributed by atoms with Gasteiger partial charge in [0.05, 0.1) is 22.8 Å². The number of carbonyl (C=O) groups excluding carboxylic acids is 1. The highest BCUT2D eigenvalue weighted by Gasteiger charge is 2.28. The molecule has 0 bridgehead atoms. The molecular formula is C31H40FN3O4. The second-order valence-corrected chi connectivity index (χ2v) is 11.5. The lowest BCUT2D eigenvalue weighted by Crippen LogP contribution is -2.39. The number of nitrogens with one attached hydrogen (secondary N) is 2. The standard InChI is InChI=1S/C31H40FN3O4/c1-19-24-9-10-27(20(2)29(24)35(4)28(19)17-33-21-11-13-31(3,37)14-12-21)34-30(36)25-8-7-22(16-26(25)32)39-18-23-6-5-15-38-23/h7-10,16,21,23,33,37H,5-6,11-15,17-18H2,1-4H3,(H,34,36)/t21-,23-,31-/m0/s1. The molecule has 2 fully saturated rings. The van der Waals surface area contributed by atoms with E-state index in [4.69, 9.17) is 9.47 Å². The third-order valence-electron chi connectivity index (χ3n) is 8.52. The van der Waals surface area contributed by atoms with Gasteiger partial charge in [0.25, 0.3) is 5.91 Å². The fourth-order valence-corrected chi connectivity index (χ4v) is 5.97. The van der Waals surface area contributed by atoms with Crippen LogP contribution in [0, 0.1) is 19.7 Å². The molecule has 1 aliphatic heterocycles. The number of amides is 1. The Morgan fingerprint density at radius 3 is 2.64 bits per heavy atom. The highest BCUT2D eigenvalue weighted by Crippen LogP contribution is 2.33. The number of aryl methyl sites for hydroxylation is 3. The number of hydrogen-bond donors (Lipinski definition) is 3. The molecule has 8 heteroatoms. The van der Waals surface area contributed by atoms with Crippen molar-refractivity contribution >= 4 is 22.5 Å². The molecule has 2 aliphatic rings. The van der Waals surface area contributed by atoms with E-state index < -0.39 is 17.3 Å². The number of aromatic nitrogens is 1. The van der Waals surface area contributed by atoms with Gasteiger partial charge >= 0.3 is 0 Å². The second kappa shape index (κ2) is 11.3. The Balaban J connectivity index is 1.28. The van der Waals surface area contributed by atoms with Crippen LogP contribution in [-0.2, 0) is 18.3 Å². The van der Waals surface area contributed by atoms with Gasteiger partial charge in [-0.15, -0.1) is 0 Å². The van der Waals surface area contributed by atoms with Gasteiger partial charge in [-0.05, 0) is 88.6 Å². The lowest BCUT2D eigenvalue weighted by atomic mass is 9.83. The molecule has 1 saturated heterocycles. The summed E-state index contributed by atoms with van der Waals surface area (Å²) in [5, 5.41) is 18.0. The van der Waals surface area contributed by atoms with E-state index in [1.807, 2.05) is 33.0 Å². The van der Waals surface area contributed by atoms with Crippen LogP contribution in [-0.4, -0.2) is 46.5 Å². The summed E-state index contributed by atoms with van der Waals surface area (Å²) in [4.78, 5) is 13.0. The van der Waals surface area contributed by atoms with E-state index >= 15 is 0 Å². The van der Waals surface area contributed by atoms with E-state index in [1.54, 1.807) is 6.07 Å². The molecule has 1 atom stereocenters. The van der Waals surface area contributed by atoms with Crippen molar-refractivity contribution < 1.29 is 23.8 Å². The van der Waals surface area contributed by atoms with Crippen molar-refractivity contribution in [3.63, 3.8) is 0 Å². The van der Waals surface area contributed by atoms with Gasteiger partial charge in [0.15, 0.2) is 0 Å². The summed E-state index contributed by atoms with van der Waals surface area (Å²) in [6, 6.07) is 8.64. The molecule has 1 aromatic heterocycles. The summed E-state index contributed by atoms with van der Waals surface area (Å²) in [6.45, 7) is 7.87. The topological polar surface area (TPSA) is 84.8 Å². The van der Waals surface area contributed by atoms with E-state index in [-0.39, 0.29) is 11.7 Å². The van der Waals surface area contributed by atoms with Gasteiger partial charge < -0.3 is 29.8 Å². The van der Waals surface area contributed by atoms with Crippen LogP contribution in [0.2, 0.25) is 0 Å². The number of hydrogen-bond acceptors (Lipinski definition) is 5. The van der Waals surface area contributed by atoms with Crippen LogP contribution < -0.4 is 15.4 Å². The zero-order valence-electron chi connectivity index (χ0n) is 23.4. The molecule has 3 aromatic rings. The van der Waals surface area contributed by atoms with Crippen molar-refractivity contribution in [2.75, 3.05) is 18.5 Å². The number of anilines is 1. The molecule has 0 radical (unpaired) electrons. The number of nitrogens with zero attached hydrogens (tertiary/aromatic N) is 1. The van der Waals surface area contributed by atoms with E-state index in [0.29, 0.717) is 24.1 Å². The maximum absolute atomic E-state index is 14.9. The van der Waals surface area contributed by atoms with Gasteiger partial charge in [-0.3, -0.25) is 4.79 Å². The maximum atomic E-state index is 14.9. The van der Waals surface area contributed by atoms with Gasteiger partial charge in [0.1, 0.15) is 18.2 Å². The third kappa shape index (κ3) is 5.98. The fraction of sp³-hybridized carbons (Fsp3) is 0.516. The lowest BCUT2D eigenvalue weighted by molar-refractivity contribution is 0.0139. The monoisotopic (exact) mass is 537 g/mol. The van der Waals surface area contributed by atoms with Crippen molar-refractivity contribution in [2.24, 2.45) is 7.05 Å². The minimum absolute atomic E-state index is 0.0293. The SMILES string of the molecule is Cc1c(CN[C@H]2CC[C@](C)(O)CC2)n(C)c2c(C)c(NC(=O)c3ccc(OC[C@@H]4CCCO4)cc3F)ccc12. The van der Waals surface area contributed by atoms with Crippen molar-refractivity contribution in [3.05, 3.63) is 58.5 Å². The molecule has 3 N–H and O–H groups in total. The zero-order valence-corrected chi connectivity index (χ0v) is 23.4. The maximum Gasteiger partial charge on any atom is 0.258 e. The van der Waals surface area contributed by atoms with Crippen molar-refractivity contribution in [3.8, 4) is 5.75 Å². The van der Waals surface area contributed by atoms with Crippen LogP contribution in [0.3, 0.4) is 0 Å². The average Bonchev–Trinajstić information content (AvgIpc) is 3.50. The predicted molar refractivity (Wildman–Crippen MR) is 151 cm³/mol. The quantitative estimate of drug-likeness (QED) is 0.352. The first-order valence-electron chi connectivity index (χ1n) is 14.0. The Morgan fingerprint density at radius 2 is 1.95 bits per heavy atom. The van der Waals surface area contributed by atoms with Gasteiger partial charge in [-0.1, -0.05) is 6.07 Å². The first-order chi connectivity index (χ1) is 18.6. The van der Waals surface area contributed by atoms with Crippen LogP contribution >= 0.6 is 0 Å². The smallest absolute Gasteiger partial charge is 0.258 e. The van der Waals surface area contributed by atoms with Crippen LogP contribution in [0.25, 0.3) is 10.9 Å². The number of ether oxygens (including phenoxy) is 2. The molecule has 2 heterocycles. The molecule has 39 heavy (non-hydrogen) atoms. The number of halogens is 1. The molecule has 1 saturated carbocycles. The summed E-state index contributed by atoms with van der Waals surface area (Å²) >= 11 is 0. The highest BCUT2D eigenvalue weighted by molar-refractivity contribution is 6.06. The predicted octanol–water partition coefficient (Wildman–Crippen LogP) is 5.53. The van der Waals surface area contributed by atoms with Crippen LogP contribution in [0.1, 0.15) is 72.6 Å². The van der Waals surface area contributed by atoms with Gasteiger partial charge in [-0.25, -0.2) is 4.39 Å². The minimum Gasteiger partial charge on any atom is -0.491 e. The molecule has 7 nitrogen and oxygen atoms in total. The van der Waals surface area contributed by atoms with E-state index in [2.05, 4.69) is 22.1 Å². The molecular weight excluding hydrogens is 497 g/mol. The minimum atomic E-state index is -0.622. The molecule has 210 valence electrons. The molecule has 0 unspecified atom stereocenters. The Labute approximate surface area is 229 Å². The fourth-order valence-electron chi connectivity index (χ4n) is 5.97. The summed E-state index contributed by atoms with van der Waals surface area (Å²) in [5.41, 5.74) is 4.45. The van der Waals surface area contributed by atoms with Crippen LogP contribution in [0.4, 0.5) is 10.1 Å².